The lowest BCUT2D eigenvalue weighted by molar-refractivity contribution is 0.941. The molecule has 0 radical (unpaired) electrons. The lowest BCUT2D eigenvalue weighted by atomic mass is 9.85. The molecule has 4 aromatic carbocycles. The molecule has 0 unspecified atom stereocenters. The number of H-pyrrole nitrogens is 2. The highest BCUT2D eigenvalue weighted by Gasteiger charge is 2.25. The van der Waals surface area contributed by atoms with Gasteiger partial charge < -0.3 is 9.97 Å². The summed E-state index contributed by atoms with van der Waals surface area (Å²) in [6.45, 7) is 2.16. The third-order valence-electron chi connectivity index (χ3n) is 6.48. The molecule has 2 aromatic heterocycles. The number of rotatable bonds is 4. The van der Waals surface area contributed by atoms with E-state index in [9.17, 15) is 0 Å². The average molecular weight is 413 g/mol. The number of aryl methyl sites for hydroxylation is 1. The van der Waals surface area contributed by atoms with E-state index in [2.05, 4.69) is 126 Å². The van der Waals surface area contributed by atoms with E-state index in [1.165, 1.54) is 49.8 Å². The fourth-order valence-corrected chi connectivity index (χ4v) is 5.00. The molecule has 6 aromatic rings. The molecule has 154 valence electrons. The van der Waals surface area contributed by atoms with Crippen LogP contribution in [0.25, 0.3) is 32.9 Å². The van der Waals surface area contributed by atoms with Gasteiger partial charge in [0.05, 0.1) is 0 Å². The van der Waals surface area contributed by atoms with Crippen molar-refractivity contribution in [3.05, 3.63) is 132 Å². The molecule has 2 N–H and O–H groups in total. The van der Waals surface area contributed by atoms with E-state index in [1.54, 1.807) is 0 Å². The van der Waals surface area contributed by atoms with Crippen LogP contribution in [0.2, 0.25) is 0 Å². The maximum Gasteiger partial charge on any atom is 0.0497 e. The second kappa shape index (κ2) is 7.58. The van der Waals surface area contributed by atoms with Gasteiger partial charge in [-0.15, -0.1) is 0 Å². The highest BCUT2D eigenvalue weighted by molar-refractivity contribution is 6.07. The van der Waals surface area contributed by atoms with Gasteiger partial charge in [0.2, 0.25) is 0 Å². The highest BCUT2D eigenvalue weighted by atomic mass is 14.7. The van der Waals surface area contributed by atoms with Crippen molar-refractivity contribution >= 4 is 21.8 Å². The van der Waals surface area contributed by atoms with Crippen molar-refractivity contribution in [3.63, 3.8) is 0 Å². The molecule has 32 heavy (non-hydrogen) atoms. The summed E-state index contributed by atoms with van der Waals surface area (Å²) in [6.07, 6.45) is 2.17. The Bertz CT molecular complexity index is 1480. The Morgan fingerprint density at radius 3 is 1.97 bits per heavy atom. The molecule has 0 aliphatic rings. The first kappa shape index (κ1) is 18.7. The summed E-state index contributed by atoms with van der Waals surface area (Å²) in [5.41, 5.74) is 9.93. The second-order valence-electron chi connectivity index (χ2n) is 8.41. The van der Waals surface area contributed by atoms with Crippen LogP contribution in [-0.4, -0.2) is 9.97 Å². The van der Waals surface area contributed by atoms with E-state index in [-0.39, 0.29) is 5.92 Å². The Balaban J connectivity index is 1.70. The predicted molar refractivity (Wildman–Crippen MR) is 134 cm³/mol. The summed E-state index contributed by atoms with van der Waals surface area (Å²) in [4.78, 5) is 7.36. The fraction of sp³-hybridized carbons (Fsp3) is 0.0667. The topological polar surface area (TPSA) is 31.6 Å². The van der Waals surface area contributed by atoms with Gasteiger partial charge in [0.25, 0.3) is 0 Å². The van der Waals surface area contributed by atoms with Gasteiger partial charge in [-0.1, -0.05) is 97.1 Å². The lowest BCUT2D eigenvalue weighted by Crippen LogP contribution is -2.05. The Hall–Kier alpha value is -4.04. The van der Waals surface area contributed by atoms with E-state index < -0.39 is 0 Å². The zero-order chi connectivity index (χ0) is 21.5. The molecule has 0 bridgehead atoms. The van der Waals surface area contributed by atoms with Gasteiger partial charge in [-0.3, -0.25) is 0 Å². The fourth-order valence-electron chi connectivity index (χ4n) is 5.00. The number of hydrogen-bond acceptors (Lipinski definition) is 0. The van der Waals surface area contributed by atoms with Crippen molar-refractivity contribution in [1.29, 1.82) is 0 Å². The third-order valence-corrected chi connectivity index (χ3v) is 6.48. The molecule has 2 nitrogen and oxygen atoms in total. The summed E-state index contributed by atoms with van der Waals surface area (Å²) >= 11 is 0. The summed E-state index contributed by atoms with van der Waals surface area (Å²) in [5, 5.41) is 2.51. The first-order valence-electron chi connectivity index (χ1n) is 11.1. The number of fused-ring (bicyclic) bond motifs is 2. The molecule has 0 saturated heterocycles. The van der Waals surface area contributed by atoms with Gasteiger partial charge >= 0.3 is 0 Å². The Morgan fingerprint density at radius 2 is 1.25 bits per heavy atom. The van der Waals surface area contributed by atoms with Crippen molar-refractivity contribution in [3.8, 4) is 11.1 Å². The first-order chi connectivity index (χ1) is 15.8. The average Bonchev–Trinajstić information content (AvgIpc) is 3.43. The monoisotopic (exact) mass is 412 g/mol. The van der Waals surface area contributed by atoms with Crippen LogP contribution in [0.5, 0.6) is 0 Å². The molecular formula is C30H24N2. The maximum atomic E-state index is 3.81. The number of nitrogens with one attached hydrogen (secondary N) is 2. The van der Waals surface area contributed by atoms with Gasteiger partial charge in [0.1, 0.15) is 0 Å². The zero-order valence-electron chi connectivity index (χ0n) is 18.0. The Kier molecular flexibility index (Phi) is 4.43. The van der Waals surface area contributed by atoms with Crippen molar-refractivity contribution in [2.45, 2.75) is 12.8 Å². The minimum absolute atomic E-state index is 0.106. The molecular weight excluding hydrogens is 388 g/mol. The van der Waals surface area contributed by atoms with E-state index in [1.807, 2.05) is 0 Å². The second-order valence-corrected chi connectivity index (χ2v) is 8.41. The molecule has 0 atom stereocenters. The predicted octanol–water partition coefficient (Wildman–Crippen LogP) is 7.80. The molecule has 6 rings (SSSR count). The molecule has 0 fully saturated rings. The number of para-hydroxylation sites is 2. The summed E-state index contributed by atoms with van der Waals surface area (Å²) < 4.78 is 0. The van der Waals surface area contributed by atoms with E-state index >= 15 is 0 Å². The zero-order valence-corrected chi connectivity index (χ0v) is 18.0. The molecule has 2 heterocycles. The van der Waals surface area contributed by atoms with E-state index in [0.29, 0.717) is 0 Å². The van der Waals surface area contributed by atoms with Gasteiger partial charge in [0, 0.05) is 50.7 Å². The minimum atomic E-state index is 0.106. The van der Waals surface area contributed by atoms with Crippen molar-refractivity contribution in [1.82, 2.24) is 9.97 Å². The molecule has 0 aliphatic carbocycles. The maximum absolute atomic E-state index is 3.81. The molecule has 0 aliphatic heterocycles. The first-order valence-corrected chi connectivity index (χ1v) is 11.1. The smallest absolute Gasteiger partial charge is 0.0497 e. The summed E-state index contributed by atoms with van der Waals surface area (Å²) in [5.74, 6) is 0.106. The lowest BCUT2D eigenvalue weighted by Gasteiger charge is -2.19. The number of hydrogen-bond donors (Lipinski definition) is 2. The largest absolute Gasteiger partial charge is 0.360 e. The van der Waals surface area contributed by atoms with Gasteiger partial charge in [0.15, 0.2) is 0 Å². The highest BCUT2D eigenvalue weighted by Crippen LogP contribution is 2.43. The number of benzene rings is 4. The SMILES string of the molecule is Cc1cccc2c(-c3c(C(c4ccccc4)c4ccccc4)[nH]c4ccccc34)c[nH]c12. The molecule has 0 saturated carbocycles. The van der Waals surface area contributed by atoms with Crippen molar-refractivity contribution in [2.75, 3.05) is 0 Å². The van der Waals surface area contributed by atoms with E-state index in [4.69, 9.17) is 0 Å². The van der Waals surface area contributed by atoms with Gasteiger partial charge in [-0.2, -0.15) is 0 Å². The number of aromatic amines is 2. The van der Waals surface area contributed by atoms with Crippen molar-refractivity contribution < 1.29 is 0 Å². The quantitative estimate of drug-likeness (QED) is 0.296. The van der Waals surface area contributed by atoms with Crippen LogP contribution in [0.15, 0.2) is 109 Å². The molecule has 2 heteroatoms. The summed E-state index contributed by atoms with van der Waals surface area (Å²) in [6, 6.07) is 36.8. The van der Waals surface area contributed by atoms with Crippen LogP contribution < -0.4 is 0 Å². The van der Waals surface area contributed by atoms with Crippen LogP contribution in [-0.2, 0) is 0 Å². The van der Waals surface area contributed by atoms with Gasteiger partial charge in [-0.25, -0.2) is 0 Å². The van der Waals surface area contributed by atoms with Crippen LogP contribution in [0, 0.1) is 6.92 Å². The van der Waals surface area contributed by atoms with Crippen LogP contribution in [0.4, 0.5) is 0 Å². The minimum Gasteiger partial charge on any atom is -0.360 e. The van der Waals surface area contributed by atoms with E-state index in [0.717, 1.165) is 5.52 Å². The summed E-state index contributed by atoms with van der Waals surface area (Å²) in [7, 11) is 0. The van der Waals surface area contributed by atoms with Crippen LogP contribution in [0.3, 0.4) is 0 Å². The Morgan fingerprint density at radius 1 is 0.625 bits per heavy atom. The Labute approximate surface area is 187 Å². The van der Waals surface area contributed by atoms with Crippen molar-refractivity contribution in [2.24, 2.45) is 0 Å². The standard InChI is InChI=1S/C30H24N2/c1-20-11-10-17-23-25(19-31-29(20)23)28-24-16-8-9-18-26(24)32-30(28)27(21-12-4-2-5-13-21)22-14-6-3-7-15-22/h2-19,27,31-32H,1H3. The third kappa shape index (κ3) is 2.96. The van der Waals surface area contributed by atoms with Crippen LogP contribution >= 0.6 is 0 Å². The molecule has 0 spiro atoms. The van der Waals surface area contributed by atoms with Crippen LogP contribution in [0.1, 0.15) is 28.3 Å². The normalized spacial score (nSPS) is 11.6. The number of aromatic nitrogens is 2. The van der Waals surface area contributed by atoms with Gasteiger partial charge in [-0.05, 0) is 29.7 Å². The molecule has 0 amide bonds.